The zero-order chi connectivity index (χ0) is 19.9. The summed E-state index contributed by atoms with van der Waals surface area (Å²) in [4.78, 5) is 7.62. The van der Waals surface area contributed by atoms with Crippen LogP contribution in [-0.2, 0) is 19.5 Å². The van der Waals surface area contributed by atoms with E-state index in [0.29, 0.717) is 0 Å². The molecule has 1 fully saturated rings. The molecule has 4 nitrogen and oxygen atoms in total. The molecule has 2 aliphatic heterocycles. The summed E-state index contributed by atoms with van der Waals surface area (Å²) in [5.74, 6) is 1.05. The van der Waals surface area contributed by atoms with Gasteiger partial charge in [-0.3, -0.25) is 9.80 Å². The van der Waals surface area contributed by atoms with Crippen LogP contribution in [0.25, 0.3) is 0 Å². The first kappa shape index (κ1) is 20.4. The highest BCUT2D eigenvalue weighted by molar-refractivity contribution is 5.34. The van der Waals surface area contributed by atoms with Gasteiger partial charge in [0, 0.05) is 51.4 Å². The van der Waals surface area contributed by atoms with E-state index >= 15 is 0 Å². The summed E-state index contributed by atoms with van der Waals surface area (Å²) in [7, 11) is 0. The third-order valence-electron chi connectivity index (χ3n) is 6.38. The lowest BCUT2D eigenvalue weighted by Gasteiger charge is -2.33. The highest BCUT2D eigenvalue weighted by atomic mass is 16.5. The Bertz CT molecular complexity index is 770. The third kappa shape index (κ3) is 5.59. The number of aryl methyl sites for hydroxylation is 1. The van der Waals surface area contributed by atoms with Crippen LogP contribution in [0.15, 0.2) is 48.5 Å². The molecule has 29 heavy (non-hydrogen) atoms. The second-order valence-corrected chi connectivity index (χ2v) is 8.32. The number of ether oxygens (including phenoxy) is 1. The Balaban J connectivity index is 1.31. The van der Waals surface area contributed by atoms with Crippen molar-refractivity contribution in [3.8, 4) is 5.75 Å². The van der Waals surface area contributed by atoms with Gasteiger partial charge in [-0.25, -0.2) is 0 Å². The molecule has 0 unspecified atom stereocenters. The van der Waals surface area contributed by atoms with Gasteiger partial charge < -0.3 is 9.64 Å². The number of benzene rings is 2. The fraction of sp³-hybridized carbons (Fsp3) is 0.520. The molecule has 2 aromatic carbocycles. The van der Waals surface area contributed by atoms with Crippen molar-refractivity contribution >= 4 is 0 Å². The number of nitrogens with zero attached hydrogens (tertiary/aromatic N) is 3. The van der Waals surface area contributed by atoms with Gasteiger partial charge in [0.1, 0.15) is 12.4 Å². The van der Waals surface area contributed by atoms with E-state index in [9.17, 15) is 0 Å². The van der Waals surface area contributed by atoms with Gasteiger partial charge in [0.2, 0.25) is 0 Å². The molecule has 0 saturated carbocycles. The number of piperazine rings is 1. The molecule has 2 heterocycles. The molecule has 0 radical (unpaired) electrons. The van der Waals surface area contributed by atoms with Crippen molar-refractivity contribution in [1.82, 2.24) is 14.7 Å². The number of likely N-dealkylation sites (N-methyl/N-ethyl adjacent to an activating group) is 1. The predicted octanol–water partition coefficient (Wildman–Crippen LogP) is 3.65. The van der Waals surface area contributed by atoms with Gasteiger partial charge in [-0.05, 0) is 43.1 Å². The van der Waals surface area contributed by atoms with Crippen LogP contribution in [0, 0.1) is 0 Å². The van der Waals surface area contributed by atoms with Gasteiger partial charge in [-0.15, -0.1) is 0 Å². The summed E-state index contributed by atoms with van der Waals surface area (Å²) >= 11 is 0. The Morgan fingerprint density at radius 3 is 2.34 bits per heavy atom. The molecular formula is C25H35N3O. The van der Waals surface area contributed by atoms with Crippen LogP contribution in [0.2, 0.25) is 0 Å². The third-order valence-corrected chi connectivity index (χ3v) is 6.38. The second kappa shape index (κ2) is 10.2. The first-order valence-electron chi connectivity index (χ1n) is 11.3. The summed E-state index contributed by atoms with van der Waals surface area (Å²) < 4.78 is 6.25. The number of para-hydroxylation sites is 1. The largest absolute Gasteiger partial charge is 0.492 e. The molecule has 2 aliphatic rings. The highest BCUT2D eigenvalue weighted by Gasteiger charge is 2.17. The zero-order valence-corrected chi connectivity index (χ0v) is 17.9. The molecule has 0 atom stereocenters. The quantitative estimate of drug-likeness (QED) is 0.715. The van der Waals surface area contributed by atoms with Crippen LogP contribution in [0.5, 0.6) is 5.75 Å². The van der Waals surface area contributed by atoms with Crippen LogP contribution >= 0.6 is 0 Å². The first-order valence-corrected chi connectivity index (χ1v) is 11.3. The van der Waals surface area contributed by atoms with E-state index in [-0.39, 0.29) is 0 Å². The maximum absolute atomic E-state index is 6.25. The van der Waals surface area contributed by atoms with E-state index in [2.05, 4.69) is 70.2 Å². The summed E-state index contributed by atoms with van der Waals surface area (Å²) in [6.45, 7) is 13.0. The lowest BCUT2D eigenvalue weighted by Crippen LogP contribution is -2.47. The summed E-state index contributed by atoms with van der Waals surface area (Å²) in [6.07, 6.45) is 2.42. The van der Waals surface area contributed by atoms with Gasteiger partial charge in [-0.2, -0.15) is 0 Å². The average Bonchev–Trinajstić information content (AvgIpc) is 2.97. The van der Waals surface area contributed by atoms with Crippen LogP contribution in [0.4, 0.5) is 0 Å². The molecule has 2 aromatic rings. The summed E-state index contributed by atoms with van der Waals surface area (Å²) in [5, 5.41) is 0. The minimum absolute atomic E-state index is 0.770. The van der Waals surface area contributed by atoms with Crippen LogP contribution in [-0.4, -0.2) is 67.1 Å². The highest BCUT2D eigenvalue weighted by Crippen LogP contribution is 2.24. The maximum atomic E-state index is 6.25. The van der Waals surface area contributed by atoms with Crippen molar-refractivity contribution in [2.75, 3.05) is 52.4 Å². The number of rotatable bonds is 7. The van der Waals surface area contributed by atoms with E-state index in [1.165, 1.54) is 49.2 Å². The maximum Gasteiger partial charge on any atom is 0.123 e. The minimum atomic E-state index is 0.770. The van der Waals surface area contributed by atoms with E-state index in [1.54, 1.807) is 0 Å². The van der Waals surface area contributed by atoms with Crippen LogP contribution in [0.3, 0.4) is 0 Å². The molecule has 0 N–H and O–H groups in total. The van der Waals surface area contributed by atoms with E-state index in [1.807, 2.05) is 0 Å². The fourth-order valence-corrected chi connectivity index (χ4v) is 4.53. The monoisotopic (exact) mass is 393 g/mol. The van der Waals surface area contributed by atoms with E-state index in [4.69, 9.17) is 4.74 Å². The Morgan fingerprint density at radius 2 is 1.52 bits per heavy atom. The Morgan fingerprint density at radius 1 is 0.793 bits per heavy atom. The van der Waals surface area contributed by atoms with Crippen LogP contribution in [0.1, 0.15) is 30.0 Å². The number of fused-ring (bicyclic) bond motifs is 1. The predicted molar refractivity (Wildman–Crippen MR) is 119 cm³/mol. The van der Waals surface area contributed by atoms with Gasteiger partial charge in [0.05, 0.1) is 0 Å². The lowest BCUT2D eigenvalue weighted by atomic mass is 10.0. The SMILES string of the molecule is CCN1CCN(CCOc2ccccc2CN2CCCc3ccccc3C2)CC1. The molecule has 0 amide bonds. The fourth-order valence-electron chi connectivity index (χ4n) is 4.53. The lowest BCUT2D eigenvalue weighted by molar-refractivity contribution is 0.120. The number of hydrogen-bond acceptors (Lipinski definition) is 4. The average molecular weight is 394 g/mol. The summed E-state index contributed by atoms with van der Waals surface area (Å²) in [6, 6.07) is 17.5. The van der Waals surface area contributed by atoms with E-state index < -0.39 is 0 Å². The topological polar surface area (TPSA) is 19.0 Å². The Kier molecular flexibility index (Phi) is 7.20. The van der Waals surface area contributed by atoms with Gasteiger partial charge in [0.15, 0.2) is 0 Å². The van der Waals surface area contributed by atoms with Gasteiger partial charge in [0.25, 0.3) is 0 Å². The molecule has 0 bridgehead atoms. The van der Waals surface area contributed by atoms with E-state index in [0.717, 1.165) is 51.6 Å². The molecular weight excluding hydrogens is 358 g/mol. The van der Waals surface area contributed by atoms with Gasteiger partial charge >= 0.3 is 0 Å². The molecule has 0 aromatic heterocycles. The molecule has 1 saturated heterocycles. The Labute approximate surface area is 176 Å². The summed E-state index contributed by atoms with van der Waals surface area (Å²) in [5.41, 5.74) is 4.31. The molecule has 4 heteroatoms. The second-order valence-electron chi connectivity index (χ2n) is 8.32. The molecule has 4 rings (SSSR count). The normalized spacial score (nSPS) is 18.9. The minimum Gasteiger partial charge on any atom is -0.492 e. The van der Waals surface area contributed by atoms with Crippen molar-refractivity contribution in [1.29, 1.82) is 0 Å². The smallest absolute Gasteiger partial charge is 0.123 e. The number of hydrogen-bond donors (Lipinski definition) is 0. The van der Waals surface area contributed by atoms with Crippen molar-refractivity contribution in [2.45, 2.75) is 32.9 Å². The van der Waals surface area contributed by atoms with Crippen molar-refractivity contribution in [2.24, 2.45) is 0 Å². The standard InChI is InChI=1S/C25H35N3O/c1-2-26-14-16-27(17-15-26)18-19-29-25-12-6-5-10-24(25)21-28-13-7-11-22-8-3-4-9-23(22)20-28/h3-6,8-10,12H,2,7,11,13-21H2,1H3. The first-order chi connectivity index (χ1) is 14.3. The van der Waals surface area contributed by atoms with Crippen molar-refractivity contribution in [3.63, 3.8) is 0 Å². The Hall–Kier alpha value is -1.88. The zero-order valence-electron chi connectivity index (χ0n) is 17.9. The molecule has 0 aliphatic carbocycles. The molecule has 0 spiro atoms. The van der Waals surface area contributed by atoms with Crippen molar-refractivity contribution < 1.29 is 4.74 Å². The van der Waals surface area contributed by atoms with Crippen LogP contribution < -0.4 is 4.74 Å². The molecule has 156 valence electrons. The van der Waals surface area contributed by atoms with Crippen molar-refractivity contribution in [3.05, 3.63) is 65.2 Å². The van der Waals surface area contributed by atoms with Gasteiger partial charge in [-0.1, -0.05) is 49.4 Å².